The Balaban J connectivity index is 0.00000560. The molecule has 1 amide bonds. The highest BCUT2D eigenvalue weighted by Gasteiger charge is 2.15. The first-order valence-corrected chi connectivity index (χ1v) is 15.6. The van der Waals surface area contributed by atoms with Gasteiger partial charge in [-0.15, -0.1) is 0 Å². The van der Waals surface area contributed by atoms with Gasteiger partial charge in [-0.25, -0.2) is 0 Å². The molecular formula is C33H47BrN2O3S. The molecule has 2 aromatic carbocycles. The number of methoxy groups -OCH3 is 1. The quantitative estimate of drug-likeness (QED) is 0.136. The zero-order chi connectivity index (χ0) is 27.7. The van der Waals surface area contributed by atoms with Crippen molar-refractivity contribution in [3.05, 3.63) is 70.2 Å². The normalized spacial score (nSPS) is 10.7. The SMILES string of the molecule is CCCCCCCCCCCCCCOc1cc(OC)ccc1C(=O)Nc1ccc(C[n+]2ccsc2C)cc1.[Br-]. The zero-order valence-electron chi connectivity index (χ0n) is 24.6. The summed E-state index contributed by atoms with van der Waals surface area (Å²) in [6, 6.07) is 13.4. The summed E-state index contributed by atoms with van der Waals surface area (Å²) in [5, 5.41) is 6.38. The number of aryl methyl sites for hydroxylation is 1. The molecule has 0 aliphatic rings. The molecule has 3 rings (SSSR count). The first-order chi connectivity index (χ1) is 19.1. The van der Waals surface area contributed by atoms with E-state index in [9.17, 15) is 4.79 Å². The molecule has 40 heavy (non-hydrogen) atoms. The van der Waals surface area contributed by atoms with Crippen LogP contribution in [0.1, 0.15) is 105 Å². The van der Waals surface area contributed by atoms with Crippen molar-refractivity contribution in [3.63, 3.8) is 0 Å². The fraction of sp³-hybridized carbons (Fsp3) is 0.515. The van der Waals surface area contributed by atoms with E-state index in [1.165, 1.54) is 74.8 Å². The third-order valence-corrected chi connectivity index (χ3v) is 7.97. The minimum absolute atomic E-state index is 0. The smallest absolute Gasteiger partial charge is 0.259 e. The number of halogens is 1. The van der Waals surface area contributed by atoms with E-state index >= 15 is 0 Å². The monoisotopic (exact) mass is 630 g/mol. The number of aromatic nitrogens is 1. The summed E-state index contributed by atoms with van der Waals surface area (Å²) in [5.41, 5.74) is 2.47. The van der Waals surface area contributed by atoms with Gasteiger partial charge in [0, 0.05) is 24.2 Å². The Morgan fingerprint density at radius 1 is 0.875 bits per heavy atom. The van der Waals surface area contributed by atoms with Crippen LogP contribution in [0.3, 0.4) is 0 Å². The Hall–Kier alpha value is -2.38. The zero-order valence-corrected chi connectivity index (χ0v) is 27.0. The van der Waals surface area contributed by atoms with Gasteiger partial charge in [0.15, 0.2) is 12.7 Å². The average Bonchev–Trinajstić information content (AvgIpc) is 3.36. The molecule has 0 atom stereocenters. The molecule has 0 spiro atoms. The molecule has 5 nitrogen and oxygen atoms in total. The van der Waals surface area contributed by atoms with Gasteiger partial charge in [-0.05, 0) is 30.7 Å². The molecule has 0 aliphatic heterocycles. The summed E-state index contributed by atoms with van der Waals surface area (Å²) >= 11 is 1.74. The predicted molar refractivity (Wildman–Crippen MR) is 162 cm³/mol. The number of hydrogen-bond donors (Lipinski definition) is 1. The lowest BCUT2D eigenvalue weighted by Gasteiger charge is -2.13. The van der Waals surface area contributed by atoms with Crippen LogP contribution in [0, 0.1) is 6.92 Å². The standard InChI is InChI=1S/C33H46N2O3S.BrH/c1-4-5-6-7-8-9-10-11-12-13-14-15-23-38-32-25-30(37-3)20-21-31(32)33(36)34-29-18-16-28(17-19-29)26-35-22-24-39-27(35)2;/h16-22,24-25H,4-15,23,26H2,1-3H3;1H. The Labute approximate surface area is 256 Å². The van der Waals surface area contributed by atoms with Crippen molar-refractivity contribution in [2.45, 2.75) is 97.4 Å². The molecule has 0 saturated carbocycles. The second-order valence-corrected chi connectivity index (χ2v) is 11.4. The summed E-state index contributed by atoms with van der Waals surface area (Å²) in [6.07, 6.45) is 17.7. The fourth-order valence-corrected chi connectivity index (χ4v) is 5.36. The summed E-state index contributed by atoms with van der Waals surface area (Å²) < 4.78 is 13.7. The number of carbonyl (C=O) groups excluding carboxylic acids is 1. The van der Waals surface area contributed by atoms with Crippen LogP contribution >= 0.6 is 11.3 Å². The Morgan fingerprint density at radius 3 is 2.08 bits per heavy atom. The fourth-order valence-electron chi connectivity index (χ4n) is 4.69. The lowest BCUT2D eigenvalue weighted by molar-refractivity contribution is -0.689. The molecule has 0 bridgehead atoms. The van der Waals surface area contributed by atoms with Gasteiger partial charge in [-0.3, -0.25) is 4.79 Å². The van der Waals surface area contributed by atoms with E-state index in [1.807, 2.05) is 12.1 Å². The van der Waals surface area contributed by atoms with Gasteiger partial charge in [0.25, 0.3) is 5.91 Å². The number of ether oxygens (including phenoxy) is 2. The Kier molecular flexibility index (Phi) is 16.6. The molecule has 3 aromatic rings. The lowest BCUT2D eigenvalue weighted by atomic mass is 10.1. The summed E-state index contributed by atoms with van der Waals surface area (Å²) in [5.74, 6) is 1.07. The van der Waals surface area contributed by atoms with E-state index in [0.717, 1.165) is 25.1 Å². The van der Waals surface area contributed by atoms with Crippen molar-refractivity contribution in [3.8, 4) is 11.5 Å². The van der Waals surface area contributed by atoms with Gasteiger partial charge >= 0.3 is 0 Å². The summed E-state index contributed by atoms with van der Waals surface area (Å²) in [7, 11) is 1.63. The molecule has 1 N–H and O–H groups in total. The summed E-state index contributed by atoms with van der Waals surface area (Å²) in [4.78, 5) is 13.1. The number of unbranched alkanes of at least 4 members (excludes halogenated alkanes) is 11. The van der Waals surface area contributed by atoms with Crippen molar-refractivity contribution in [1.29, 1.82) is 0 Å². The molecule has 220 valence electrons. The summed E-state index contributed by atoms with van der Waals surface area (Å²) in [6.45, 7) is 5.80. The molecule has 0 fully saturated rings. The van der Waals surface area contributed by atoms with Crippen LogP contribution in [0.25, 0.3) is 0 Å². The van der Waals surface area contributed by atoms with Crippen LogP contribution in [0.2, 0.25) is 0 Å². The van der Waals surface area contributed by atoms with Gasteiger partial charge in [-0.2, -0.15) is 4.57 Å². The first-order valence-electron chi connectivity index (χ1n) is 14.8. The number of benzene rings is 2. The third kappa shape index (κ3) is 12.0. The molecule has 0 unspecified atom stereocenters. The van der Waals surface area contributed by atoms with Crippen molar-refractivity contribution >= 4 is 22.9 Å². The number of hydrogen-bond acceptors (Lipinski definition) is 4. The average molecular weight is 632 g/mol. The minimum Gasteiger partial charge on any atom is -1.00 e. The van der Waals surface area contributed by atoms with E-state index in [4.69, 9.17) is 9.47 Å². The number of anilines is 1. The molecular weight excluding hydrogens is 584 g/mol. The van der Waals surface area contributed by atoms with E-state index < -0.39 is 0 Å². The Morgan fingerprint density at radius 2 is 1.50 bits per heavy atom. The molecule has 0 aliphatic carbocycles. The number of nitrogens with one attached hydrogen (secondary N) is 1. The number of amides is 1. The molecule has 0 saturated heterocycles. The number of thiazole rings is 1. The van der Waals surface area contributed by atoms with Gasteiger partial charge in [0.1, 0.15) is 11.5 Å². The minimum atomic E-state index is -0.182. The van der Waals surface area contributed by atoms with Crippen LogP contribution in [0.15, 0.2) is 54.0 Å². The lowest BCUT2D eigenvalue weighted by Crippen LogP contribution is -3.00. The highest BCUT2D eigenvalue weighted by atomic mass is 79.9. The van der Waals surface area contributed by atoms with Gasteiger partial charge in [0.05, 0.1) is 24.7 Å². The van der Waals surface area contributed by atoms with E-state index in [0.29, 0.717) is 23.7 Å². The topological polar surface area (TPSA) is 51.4 Å². The van der Waals surface area contributed by atoms with Crippen LogP contribution < -0.4 is 36.3 Å². The van der Waals surface area contributed by atoms with Crippen molar-refractivity contribution in [1.82, 2.24) is 0 Å². The maximum absolute atomic E-state index is 13.1. The molecule has 0 radical (unpaired) electrons. The second kappa shape index (κ2) is 19.7. The Bertz CT molecular complexity index is 1120. The molecule has 1 heterocycles. The van der Waals surface area contributed by atoms with Crippen LogP contribution in [-0.2, 0) is 6.54 Å². The number of carbonyl (C=O) groups is 1. The predicted octanol–water partition coefficient (Wildman–Crippen LogP) is 5.74. The third-order valence-electron chi connectivity index (χ3n) is 7.14. The van der Waals surface area contributed by atoms with Crippen molar-refractivity contribution in [2.75, 3.05) is 19.0 Å². The van der Waals surface area contributed by atoms with Crippen LogP contribution in [0.4, 0.5) is 5.69 Å². The van der Waals surface area contributed by atoms with Crippen LogP contribution in [-0.4, -0.2) is 19.6 Å². The maximum atomic E-state index is 13.1. The highest BCUT2D eigenvalue weighted by molar-refractivity contribution is 7.09. The maximum Gasteiger partial charge on any atom is 0.259 e. The van der Waals surface area contributed by atoms with Gasteiger partial charge < -0.3 is 31.8 Å². The van der Waals surface area contributed by atoms with E-state index in [-0.39, 0.29) is 22.9 Å². The second-order valence-electron chi connectivity index (χ2n) is 10.3. The number of rotatable bonds is 19. The highest BCUT2D eigenvalue weighted by Crippen LogP contribution is 2.26. The van der Waals surface area contributed by atoms with E-state index in [2.05, 4.69) is 47.4 Å². The largest absolute Gasteiger partial charge is 1.00 e. The van der Waals surface area contributed by atoms with E-state index in [1.54, 1.807) is 36.6 Å². The number of nitrogens with zero attached hydrogens (tertiary/aromatic N) is 1. The van der Waals surface area contributed by atoms with Crippen molar-refractivity contribution in [2.24, 2.45) is 0 Å². The van der Waals surface area contributed by atoms with Gasteiger partial charge in [-0.1, -0.05) is 101 Å². The van der Waals surface area contributed by atoms with Crippen molar-refractivity contribution < 1.29 is 35.8 Å². The molecule has 7 heteroatoms. The molecule has 1 aromatic heterocycles. The first kappa shape index (κ1) is 33.8. The van der Waals surface area contributed by atoms with Gasteiger partial charge in [0.2, 0.25) is 5.01 Å². The van der Waals surface area contributed by atoms with Crippen LogP contribution in [0.5, 0.6) is 11.5 Å².